The van der Waals surface area contributed by atoms with Gasteiger partial charge < -0.3 is 0 Å². The molecule has 2 N–H and O–H groups in total. The van der Waals surface area contributed by atoms with Crippen LogP contribution in [0.5, 0.6) is 0 Å². The molecule has 21 heavy (non-hydrogen) atoms. The maximum Gasteiger partial charge on any atom is 0.269 e. The van der Waals surface area contributed by atoms with E-state index in [2.05, 4.69) is 15.8 Å². The van der Waals surface area contributed by atoms with E-state index in [1.165, 1.54) is 23.9 Å². The van der Waals surface area contributed by atoms with Crippen molar-refractivity contribution in [2.45, 2.75) is 5.03 Å². The number of benzene rings is 1. The highest BCUT2D eigenvalue weighted by atomic mass is 35.5. The number of rotatable bonds is 4. The lowest BCUT2D eigenvalue weighted by Gasteiger charge is -2.12. The van der Waals surface area contributed by atoms with Crippen molar-refractivity contribution in [1.29, 1.82) is 0 Å². The third-order valence-corrected chi connectivity index (χ3v) is 3.97. The third kappa shape index (κ3) is 4.17. The van der Waals surface area contributed by atoms with Gasteiger partial charge in [0.05, 0.1) is 20.8 Å². The molecule has 1 aromatic carbocycles. The summed E-state index contributed by atoms with van der Waals surface area (Å²) in [6.45, 7) is 0. The Morgan fingerprint density at radius 1 is 1.19 bits per heavy atom. The largest absolute Gasteiger partial charge is 0.295 e. The molecule has 0 atom stereocenters. The molecule has 1 heterocycles. The van der Waals surface area contributed by atoms with Crippen molar-refractivity contribution in [2.24, 2.45) is 0 Å². The van der Waals surface area contributed by atoms with Crippen LogP contribution < -0.4 is 10.9 Å². The molecule has 4 nitrogen and oxygen atoms in total. The van der Waals surface area contributed by atoms with E-state index in [0.29, 0.717) is 26.3 Å². The number of carbonyl (C=O) groups excluding carboxylic acids is 1. The Morgan fingerprint density at radius 3 is 2.48 bits per heavy atom. The van der Waals surface area contributed by atoms with Gasteiger partial charge in [-0.05, 0) is 30.5 Å². The molecule has 0 unspecified atom stereocenters. The van der Waals surface area contributed by atoms with Gasteiger partial charge in [-0.3, -0.25) is 15.6 Å². The number of nitrogens with one attached hydrogen (secondary N) is 2. The molecule has 0 bridgehead atoms. The summed E-state index contributed by atoms with van der Waals surface area (Å²) in [5.41, 5.74) is 6.08. The van der Waals surface area contributed by atoms with E-state index in [9.17, 15) is 4.79 Å². The smallest absolute Gasteiger partial charge is 0.269 e. The molecular weight excluding hydrogens is 353 g/mol. The number of pyridine rings is 1. The Bertz CT molecular complexity index is 658. The van der Waals surface area contributed by atoms with Crippen molar-refractivity contribution >= 4 is 58.2 Å². The molecule has 1 aromatic heterocycles. The van der Waals surface area contributed by atoms with Crippen LogP contribution in [-0.4, -0.2) is 17.1 Å². The van der Waals surface area contributed by atoms with Crippen molar-refractivity contribution in [3.8, 4) is 0 Å². The molecule has 0 spiro atoms. The predicted molar refractivity (Wildman–Crippen MR) is 88.6 cm³/mol. The summed E-state index contributed by atoms with van der Waals surface area (Å²) in [7, 11) is 0. The van der Waals surface area contributed by atoms with E-state index < -0.39 is 0 Å². The second-order valence-electron chi connectivity index (χ2n) is 3.91. The molecule has 0 saturated carbocycles. The molecular formula is C13H10Cl3N3OS. The van der Waals surface area contributed by atoms with Crippen LogP contribution in [-0.2, 0) is 0 Å². The number of hydrogen-bond acceptors (Lipinski definition) is 4. The summed E-state index contributed by atoms with van der Waals surface area (Å²) in [4.78, 5) is 16.2. The Hall–Kier alpha value is -1.14. The minimum atomic E-state index is -0.324. The fourth-order valence-electron chi connectivity index (χ4n) is 1.52. The van der Waals surface area contributed by atoms with Crippen LogP contribution in [0.3, 0.4) is 0 Å². The lowest BCUT2D eigenvalue weighted by atomic mass is 10.2. The first kappa shape index (κ1) is 16.2. The highest BCUT2D eigenvalue weighted by molar-refractivity contribution is 7.98. The molecule has 0 aliphatic heterocycles. The SMILES string of the molecule is CSc1cc(C(=O)NNc2c(Cl)cc(Cl)cc2Cl)ccn1. The Morgan fingerprint density at radius 2 is 1.86 bits per heavy atom. The molecule has 0 radical (unpaired) electrons. The zero-order valence-corrected chi connectivity index (χ0v) is 13.9. The summed E-state index contributed by atoms with van der Waals surface area (Å²) in [5.74, 6) is -0.324. The highest BCUT2D eigenvalue weighted by Crippen LogP contribution is 2.33. The Balaban J connectivity index is 2.11. The van der Waals surface area contributed by atoms with Crippen LogP contribution in [0.15, 0.2) is 35.5 Å². The number of amides is 1. The number of thioether (sulfide) groups is 1. The van der Waals surface area contributed by atoms with Gasteiger partial charge in [-0.2, -0.15) is 0 Å². The number of halogens is 3. The molecule has 110 valence electrons. The van der Waals surface area contributed by atoms with Crippen molar-refractivity contribution in [1.82, 2.24) is 10.4 Å². The third-order valence-electron chi connectivity index (χ3n) is 2.51. The molecule has 0 aliphatic carbocycles. The maximum absolute atomic E-state index is 12.1. The minimum Gasteiger partial charge on any atom is -0.295 e. The normalized spacial score (nSPS) is 10.3. The summed E-state index contributed by atoms with van der Waals surface area (Å²) < 4.78 is 0. The van der Waals surface area contributed by atoms with Crippen LogP contribution in [0, 0.1) is 0 Å². The zero-order valence-electron chi connectivity index (χ0n) is 10.8. The van der Waals surface area contributed by atoms with E-state index in [0.717, 1.165) is 5.03 Å². The fourth-order valence-corrected chi connectivity index (χ4v) is 2.84. The summed E-state index contributed by atoms with van der Waals surface area (Å²) >= 11 is 19.3. The number of hydrogen-bond donors (Lipinski definition) is 2. The van der Waals surface area contributed by atoms with Crippen LogP contribution in [0.4, 0.5) is 5.69 Å². The van der Waals surface area contributed by atoms with Crippen LogP contribution in [0.1, 0.15) is 10.4 Å². The van der Waals surface area contributed by atoms with Crippen LogP contribution in [0.25, 0.3) is 0 Å². The summed E-state index contributed by atoms with van der Waals surface area (Å²) in [5, 5.41) is 1.80. The molecule has 8 heteroatoms. The predicted octanol–water partition coefficient (Wildman–Crippen LogP) is 4.52. The van der Waals surface area contributed by atoms with Crippen LogP contribution >= 0.6 is 46.6 Å². The topological polar surface area (TPSA) is 54.0 Å². The van der Waals surface area contributed by atoms with Gasteiger partial charge in [0.1, 0.15) is 0 Å². The standard InChI is InChI=1S/C13H10Cl3N3OS/c1-21-11-4-7(2-3-17-11)13(20)19-18-12-9(15)5-8(14)6-10(12)16/h2-6,18H,1H3,(H,19,20). The van der Waals surface area contributed by atoms with E-state index in [-0.39, 0.29) is 5.91 Å². The monoisotopic (exact) mass is 361 g/mol. The van der Waals surface area contributed by atoms with Crippen molar-refractivity contribution in [3.63, 3.8) is 0 Å². The van der Waals surface area contributed by atoms with Gasteiger partial charge in [-0.1, -0.05) is 34.8 Å². The van der Waals surface area contributed by atoms with Gasteiger partial charge in [-0.15, -0.1) is 11.8 Å². The van der Waals surface area contributed by atoms with Crippen molar-refractivity contribution in [3.05, 3.63) is 51.1 Å². The van der Waals surface area contributed by atoms with E-state index in [4.69, 9.17) is 34.8 Å². The lowest BCUT2D eigenvalue weighted by molar-refractivity contribution is 0.0962. The maximum atomic E-state index is 12.1. The number of carbonyl (C=O) groups is 1. The van der Waals surface area contributed by atoms with Crippen molar-refractivity contribution < 1.29 is 4.79 Å². The van der Waals surface area contributed by atoms with Gasteiger partial charge in [0.2, 0.25) is 0 Å². The summed E-state index contributed by atoms with van der Waals surface area (Å²) in [6, 6.07) is 6.36. The van der Waals surface area contributed by atoms with Crippen molar-refractivity contribution in [2.75, 3.05) is 11.7 Å². The summed E-state index contributed by atoms with van der Waals surface area (Å²) in [6.07, 6.45) is 3.46. The second kappa shape index (κ2) is 7.22. The van der Waals surface area contributed by atoms with Gasteiger partial charge in [0, 0.05) is 16.8 Å². The van der Waals surface area contributed by atoms with E-state index >= 15 is 0 Å². The Kier molecular flexibility index (Phi) is 5.58. The first-order valence-corrected chi connectivity index (χ1v) is 8.08. The highest BCUT2D eigenvalue weighted by Gasteiger charge is 2.10. The first-order valence-electron chi connectivity index (χ1n) is 5.72. The zero-order chi connectivity index (χ0) is 15.4. The fraction of sp³-hybridized carbons (Fsp3) is 0.0769. The van der Waals surface area contributed by atoms with Gasteiger partial charge in [0.15, 0.2) is 0 Å². The number of aromatic nitrogens is 1. The minimum absolute atomic E-state index is 0.312. The number of anilines is 1. The lowest BCUT2D eigenvalue weighted by Crippen LogP contribution is -2.29. The molecule has 2 rings (SSSR count). The molecule has 2 aromatic rings. The average Bonchev–Trinajstić information content (AvgIpc) is 2.46. The second-order valence-corrected chi connectivity index (χ2v) is 5.99. The quantitative estimate of drug-likeness (QED) is 0.620. The molecule has 0 aliphatic rings. The van der Waals surface area contributed by atoms with Gasteiger partial charge in [0.25, 0.3) is 5.91 Å². The number of hydrazine groups is 1. The molecule has 0 fully saturated rings. The van der Waals surface area contributed by atoms with Gasteiger partial charge in [-0.25, -0.2) is 4.98 Å². The average molecular weight is 363 g/mol. The van der Waals surface area contributed by atoms with E-state index in [1.54, 1.807) is 18.3 Å². The van der Waals surface area contributed by atoms with E-state index in [1.807, 2.05) is 6.26 Å². The van der Waals surface area contributed by atoms with Gasteiger partial charge >= 0.3 is 0 Å². The first-order chi connectivity index (χ1) is 10.0. The molecule has 1 amide bonds. The van der Waals surface area contributed by atoms with Crippen LogP contribution in [0.2, 0.25) is 15.1 Å². The number of nitrogens with zero attached hydrogens (tertiary/aromatic N) is 1. The Labute approximate surface area is 141 Å². The molecule has 0 saturated heterocycles.